The number of rotatable bonds is 6. The van der Waals surface area contributed by atoms with Crippen molar-refractivity contribution in [2.24, 2.45) is 5.41 Å². The fourth-order valence-electron chi connectivity index (χ4n) is 1.77. The number of nitrogens with zero attached hydrogens (tertiary/aromatic N) is 1. The van der Waals surface area contributed by atoms with Gasteiger partial charge in [0, 0.05) is 23.3 Å². The van der Waals surface area contributed by atoms with Crippen LogP contribution in [0.15, 0.2) is 16.7 Å². The Labute approximate surface area is 127 Å². The summed E-state index contributed by atoms with van der Waals surface area (Å²) >= 11 is 3.35. The lowest BCUT2D eigenvalue weighted by molar-refractivity contribution is -0.147. The maximum absolute atomic E-state index is 12.2. The zero-order valence-electron chi connectivity index (χ0n) is 12.2. The third-order valence-electron chi connectivity index (χ3n) is 3.54. The van der Waals surface area contributed by atoms with Gasteiger partial charge in [-0.1, -0.05) is 6.92 Å². The van der Waals surface area contributed by atoms with Crippen molar-refractivity contribution in [2.75, 3.05) is 6.54 Å². The first-order valence-corrected chi connectivity index (χ1v) is 7.39. The van der Waals surface area contributed by atoms with E-state index in [9.17, 15) is 14.7 Å². The van der Waals surface area contributed by atoms with Crippen LogP contribution in [0.1, 0.15) is 50.6 Å². The van der Waals surface area contributed by atoms with Crippen LogP contribution in [0.25, 0.3) is 0 Å². The van der Waals surface area contributed by atoms with Crippen molar-refractivity contribution < 1.29 is 14.7 Å². The summed E-state index contributed by atoms with van der Waals surface area (Å²) < 4.78 is 2.68. The molecular formula is C14H21BrN2O3. The number of aromatic nitrogens is 1. The Balaban J connectivity index is 2.85. The molecule has 5 nitrogen and oxygen atoms in total. The number of hydrogen-bond donors (Lipinski definition) is 2. The van der Waals surface area contributed by atoms with Crippen molar-refractivity contribution in [2.45, 2.75) is 40.2 Å². The number of carbonyl (C=O) groups is 2. The van der Waals surface area contributed by atoms with Gasteiger partial charge in [0.05, 0.1) is 5.41 Å². The molecule has 0 aliphatic heterocycles. The van der Waals surface area contributed by atoms with Crippen molar-refractivity contribution >= 4 is 27.8 Å². The summed E-state index contributed by atoms with van der Waals surface area (Å²) in [7, 11) is 0. The molecule has 0 aliphatic rings. The van der Waals surface area contributed by atoms with Crippen LogP contribution in [-0.4, -0.2) is 28.1 Å². The average Bonchev–Trinajstić information content (AvgIpc) is 2.77. The topological polar surface area (TPSA) is 71.3 Å². The van der Waals surface area contributed by atoms with Crippen LogP contribution < -0.4 is 5.32 Å². The predicted octanol–water partition coefficient (Wildman–Crippen LogP) is 3.06. The first-order chi connectivity index (χ1) is 9.21. The van der Waals surface area contributed by atoms with Crippen molar-refractivity contribution in [3.63, 3.8) is 0 Å². The monoisotopic (exact) mass is 344 g/mol. The number of carboxylic acids is 1. The number of hydrogen-bond acceptors (Lipinski definition) is 2. The maximum atomic E-state index is 12.2. The Morgan fingerprint density at radius 2 is 2.10 bits per heavy atom. The molecule has 1 atom stereocenters. The normalized spacial score (nSPS) is 14.1. The minimum Gasteiger partial charge on any atom is -0.481 e. The van der Waals surface area contributed by atoms with Crippen LogP contribution in [0, 0.1) is 5.41 Å². The molecule has 0 fully saturated rings. The Kier molecular flexibility index (Phi) is 5.39. The molecule has 20 heavy (non-hydrogen) atoms. The smallest absolute Gasteiger partial charge is 0.311 e. The lowest BCUT2D eigenvalue weighted by Crippen LogP contribution is -2.41. The van der Waals surface area contributed by atoms with E-state index in [4.69, 9.17) is 0 Å². The molecule has 1 aromatic rings. The quantitative estimate of drug-likeness (QED) is 0.832. The number of carbonyl (C=O) groups excluding carboxylic acids is 1. The molecule has 0 radical (unpaired) electrons. The van der Waals surface area contributed by atoms with Gasteiger partial charge in [0.1, 0.15) is 5.69 Å². The fraction of sp³-hybridized carbons (Fsp3) is 0.571. The van der Waals surface area contributed by atoms with E-state index in [1.54, 1.807) is 19.9 Å². The molecule has 2 N–H and O–H groups in total. The van der Waals surface area contributed by atoms with Crippen LogP contribution in [0.3, 0.4) is 0 Å². The molecule has 0 aliphatic carbocycles. The second kappa shape index (κ2) is 6.43. The minimum absolute atomic E-state index is 0.110. The van der Waals surface area contributed by atoms with Crippen LogP contribution in [0.4, 0.5) is 0 Å². The molecule has 1 amide bonds. The zero-order chi connectivity index (χ0) is 15.5. The van der Waals surface area contributed by atoms with E-state index in [2.05, 4.69) is 21.2 Å². The van der Waals surface area contributed by atoms with Crippen molar-refractivity contribution in [1.82, 2.24) is 9.88 Å². The van der Waals surface area contributed by atoms with Crippen LogP contribution >= 0.6 is 15.9 Å². The molecule has 1 aromatic heterocycles. The van der Waals surface area contributed by atoms with Crippen molar-refractivity contribution in [3.8, 4) is 0 Å². The third-order valence-corrected chi connectivity index (χ3v) is 3.97. The van der Waals surface area contributed by atoms with Crippen LogP contribution in [0.2, 0.25) is 0 Å². The van der Waals surface area contributed by atoms with Gasteiger partial charge in [0.2, 0.25) is 0 Å². The van der Waals surface area contributed by atoms with Gasteiger partial charge in [-0.3, -0.25) is 9.59 Å². The summed E-state index contributed by atoms with van der Waals surface area (Å²) in [5.74, 6) is -1.16. The van der Waals surface area contributed by atoms with Crippen molar-refractivity contribution in [1.29, 1.82) is 0 Å². The molecule has 0 saturated heterocycles. The summed E-state index contributed by atoms with van der Waals surface area (Å²) in [6, 6.07) is 1.89. The largest absolute Gasteiger partial charge is 0.481 e. The number of halogens is 1. The Morgan fingerprint density at radius 1 is 1.50 bits per heavy atom. The van der Waals surface area contributed by atoms with E-state index in [1.165, 1.54) is 0 Å². The number of nitrogens with one attached hydrogen (secondary N) is 1. The van der Waals surface area contributed by atoms with Crippen LogP contribution in [-0.2, 0) is 4.79 Å². The number of aliphatic carboxylic acids is 1. The lowest BCUT2D eigenvalue weighted by Gasteiger charge is -2.23. The van der Waals surface area contributed by atoms with Gasteiger partial charge in [-0.25, -0.2) is 0 Å². The van der Waals surface area contributed by atoms with Gasteiger partial charge in [0.15, 0.2) is 0 Å². The van der Waals surface area contributed by atoms with Crippen molar-refractivity contribution in [3.05, 3.63) is 22.4 Å². The Morgan fingerprint density at radius 3 is 2.55 bits per heavy atom. The van der Waals surface area contributed by atoms with Gasteiger partial charge in [-0.15, -0.1) is 0 Å². The first kappa shape index (κ1) is 16.8. The maximum Gasteiger partial charge on any atom is 0.311 e. The van der Waals surface area contributed by atoms with E-state index >= 15 is 0 Å². The molecule has 1 rings (SSSR count). The summed E-state index contributed by atoms with van der Waals surface area (Å²) in [5.41, 5.74) is -0.419. The third kappa shape index (κ3) is 3.62. The fourth-order valence-corrected chi connectivity index (χ4v) is 2.21. The number of amides is 1. The minimum atomic E-state index is -0.942. The molecule has 1 heterocycles. The molecule has 0 spiro atoms. The van der Waals surface area contributed by atoms with Gasteiger partial charge in [-0.05, 0) is 49.2 Å². The van der Waals surface area contributed by atoms with E-state index in [0.29, 0.717) is 12.1 Å². The highest BCUT2D eigenvalue weighted by molar-refractivity contribution is 9.10. The van der Waals surface area contributed by atoms with E-state index in [0.717, 1.165) is 4.47 Å². The molecule has 6 heteroatoms. The highest BCUT2D eigenvalue weighted by Crippen LogP contribution is 2.22. The van der Waals surface area contributed by atoms with Gasteiger partial charge in [0.25, 0.3) is 5.91 Å². The summed E-state index contributed by atoms with van der Waals surface area (Å²) in [5, 5.41) is 11.9. The SMILES string of the molecule is CCC(C)(CNC(=O)c1cc(Br)cn1C(C)C)C(=O)O. The van der Waals surface area contributed by atoms with E-state index in [1.807, 2.05) is 24.6 Å². The van der Waals surface area contributed by atoms with Gasteiger partial charge < -0.3 is 15.0 Å². The highest BCUT2D eigenvalue weighted by Gasteiger charge is 2.31. The molecule has 112 valence electrons. The molecule has 1 unspecified atom stereocenters. The standard InChI is InChI=1S/C14H21BrN2O3/c1-5-14(4,13(19)20)8-16-12(18)11-6-10(15)7-17(11)9(2)3/h6-7,9H,5,8H2,1-4H3,(H,16,18)(H,19,20). The molecular weight excluding hydrogens is 324 g/mol. The second-order valence-corrected chi connectivity index (χ2v) is 6.36. The van der Waals surface area contributed by atoms with E-state index in [-0.39, 0.29) is 18.5 Å². The van der Waals surface area contributed by atoms with Gasteiger partial charge in [-0.2, -0.15) is 0 Å². The number of carboxylic acid groups (broad SMARTS) is 1. The Hall–Kier alpha value is -1.30. The summed E-state index contributed by atoms with van der Waals surface area (Å²) in [6.07, 6.45) is 2.30. The Bertz CT molecular complexity index is 511. The second-order valence-electron chi connectivity index (χ2n) is 5.45. The highest BCUT2D eigenvalue weighted by atomic mass is 79.9. The average molecular weight is 345 g/mol. The molecule has 0 saturated carbocycles. The molecule has 0 aromatic carbocycles. The first-order valence-electron chi connectivity index (χ1n) is 6.60. The molecule has 0 bridgehead atoms. The summed E-state index contributed by atoms with van der Waals surface area (Å²) in [6.45, 7) is 7.51. The lowest BCUT2D eigenvalue weighted by atomic mass is 9.88. The zero-order valence-corrected chi connectivity index (χ0v) is 13.8. The van der Waals surface area contributed by atoms with E-state index < -0.39 is 11.4 Å². The van der Waals surface area contributed by atoms with Gasteiger partial charge >= 0.3 is 5.97 Å². The summed E-state index contributed by atoms with van der Waals surface area (Å²) in [4.78, 5) is 23.4. The predicted molar refractivity (Wildman–Crippen MR) is 80.9 cm³/mol. The van der Waals surface area contributed by atoms with Crippen LogP contribution in [0.5, 0.6) is 0 Å².